The fourth-order valence-corrected chi connectivity index (χ4v) is 4.43. The number of fused-ring (bicyclic) bond motifs is 1. The van der Waals surface area contributed by atoms with Crippen molar-refractivity contribution < 1.29 is 14.3 Å². The molecule has 0 bridgehead atoms. The van der Waals surface area contributed by atoms with E-state index in [4.69, 9.17) is 4.74 Å². The Morgan fingerprint density at radius 3 is 2.32 bits per heavy atom. The van der Waals surface area contributed by atoms with E-state index in [2.05, 4.69) is 24.9 Å². The zero-order chi connectivity index (χ0) is 22.1. The van der Waals surface area contributed by atoms with Gasteiger partial charge in [-0.2, -0.15) is 0 Å². The number of hydrogen-bond acceptors (Lipinski definition) is 4. The summed E-state index contributed by atoms with van der Waals surface area (Å²) < 4.78 is 5.55. The summed E-state index contributed by atoms with van der Waals surface area (Å²) in [5.41, 5.74) is 4.66. The highest BCUT2D eigenvalue weighted by Crippen LogP contribution is 2.41. The lowest BCUT2D eigenvalue weighted by Gasteiger charge is -2.34. The van der Waals surface area contributed by atoms with Gasteiger partial charge < -0.3 is 19.4 Å². The number of benzene rings is 2. The molecular weight excluding hydrogens is 390 g/mol. The number of amides is 2. The van der Waals surface area contributed by atoms with Crippen molar-refractivity contribution >= 4 is 17.5 Å². The maximum absolute atomic E-state index is 13.4. The Kier molecular flexibility index (Phi) is 6.01. The fraction of sp³-hybridized carbons (Fsp3) is 0.440. The van der Waals surface area contributed by atoms with Crippen LogP contribution in [-0.4, -0.2) is 61.4 Å². The maximum atomic E-state index is 13.4. The SMILES string of the molecule is CCOc1ccc(N2C(=O)c3cc(C)c(C)cc3C2CC(=O)N2CCN(C)CC2)cc1. The second-order valence-electron chi connectivity index (χ2n) is 8.53. The summed E-state index contributed by atoms with van der Waals surface area (Å²) in [5.74, 6) is 0.832. The highest BCUT2D eigenvalue weighted by atomic mass is 16.5. The van der Waals surface area contributed by atoms with Crippen LogP contribution in [0.4, 0.5) is 5.69 Å². The third kappa shape index (κ3) is 4.17. The normalized spacial score (nSPS) is 19.0. The molecule has 0 aliphatic carbocycles. The van der Waals surface area contributed by atoms with Crippen LogP contribution in [-0.2, 0) is 4.79 Å². The fourth-order valence-electron chi connectivity index (χ4n) is 4.43. The number of nitrogens with zero attached hydrogens (tertiary/aromatic N) is 3. The predicted molar refractivity (Wildman–Crippen MR) is 122 cm³/mol. The summed E-state index contributed by atoms with van der Waals surface area (Å²) in [6.45, 7) is 9.84. The quantitative estimate of drug-likeness (QED) is 0.741. The molecule has 2 aromatic carbocycles. The van der Waals surface area contributed by atoms with E-state index in [1.165, 1.54) is 0 Å². The molecule has 2 heterocycles. The van der Waals surface area contributed by atoms with Crippen LogP contribution in [0.5, 0.6) is 5.75 Å². The van der Waals surface area contributed by atoms with Crippen LogP contribution >= 0.6 is 0 Å². The Balaban J connectivity index is 1.67. The van der Waals surface area contributed by atoms with E-state index in [0.29, 0.717) is 12.2 Å². The van der Waals surface area contributed by atoms with E-state index in [9.17, 15) is 9.59 Å². The van der Waals surface area contributed by atoms with Gasteiger partial charge in [-0.25, -0.2) is 0 Å². The molecule has 2 amide bonds. The summed E-state index contributed by atoms with van der Waals surface area (Å²) in [7, 11) is 2.08. The van der Waals surface area contributed by atoms with Crippen molar-refractivity contribution in [1.82, 2.24) is 9.80 Å². The third-order valence-electron chi connectivity index (χ3n) is 6.44. The predicted octanol–water partition coefficient (Wildman–Crippen LogP) is 3.57. The molecule has 31 heavy (non-hydrogen) atoms. The summed E-state index contributed by atoms with van der Waals surface area (Å²) in [4.78, 5) is 32.6. The second-order valence-corrected chi connectivity index (χ2v) is 8.53. The number of hydrogen-bond donors (Lipinski definition) is 0. The molecule has 0 radical (unpaired) electrons. The molecule has 1 atom stereocenters. The van der Waals surface area contributed by atoms with E-state index in [1.54, 1.807) is 4.90 Å². The number of ether oxygens (including phenoxy) is 1. The second kappa shape index (κ2) is 8.71. The Morgan fingerprint density at radius 2 is 1.68 bits per heavy atom. The number of anilines is 1. The van der Waals surface area contributed by atoms with Gasteiger partial charge in [0.1, 0.15) is 5.75 Å². The van der Waals surface area contributed by atoms with Crippen LogP contribution in [0.25, 0.3) is 0 Å². The molecule has 164 valence electrons. The molecular formula is C25H31N3O3. The standard InChI is InChI=1S/C25H31N3O3/c1-5-31-20-8-6-19(7-9-20)28-23(16-24(29)27-12-10-26(4)11-13-27)21-14-17(2)18(3)15-22(21)25(28)30/h6-9,14-15,23H,5,10-13,16H2,1-4H3. The topological polar surface area (TPSA) is 53.1 Å². The molecule has 1 saturated heterocycles. The highest BCUT2D eigenvalue weighted by Gasteiger charge is 2.40. The average molecular weight is 422 g/mol. The summed E-state index contributed by atoms with van der Waals surface area (Å²) in [6.07, 6.45) is 0.290. The van der Waals surface area contributed by atoms with Crippen molar-refractivity contribution in [3.8, 4) is 5.75 Å². The summed E-state index contributed by atoms with van der Waals surface area (Å²) in [5, 5.41) is 0. The van der Waals surface area contributed by atoms with Crippen molar-refractivity contribution in [1.29, 1.82) is 0 Å². The van der Waals surface area contributed by atoms with Gasteiger partial charge in [-0.3, -0.25) is 9.59 Å². The van der Waals surface area contributed by atoms with Gasteiger partial charge >= 0.3 is 0 Å². The van der Waals surface area contributed by atoms with Gasteiger partial charge in [0.2, 0.25) is 5.91 Å². The van der Waals surface area contributed by atoms with Gasteiger partial charge in [0, 0.05) is 37.4 Å². The molecule has 6 nitrogen and oxygen atoms in total. The Morgan fingerprint density at radius 1 is 1.03 bits per heavy atom. The first kappa shape index (κ1) is 21.4. The number of likely N-dealkylation sites (N-methyl/N-ethyl adjacent to an activating group) is 1. The van der Waals surface area contributed by atoms with Gasteiger partial charge in [-0.1, -0.05) is 6.07 Å². The minimum atomic E-state index is -0.299. The van der Waals surface area contributed by atoms with E-state index < -0.39 is 0 Å². The van der Waals surface area contributed by atoms with Gasteiger partial charge in [-0.05, 0) is 74.8 Å². The van der Waals surface area contributed by atoms with E-state index in [1.807, 2.05) is 49.1 Å². The van der Waals surface area contributed by atoms with Crippen LogP contribution in [0.1, 0.15) is 46.4 Å². The van der Waals surface area contributed by atoms with Gasteiger partial charge in [0.25, 0.3) is 5.91 Å². The zero-order valence-corrected chi connectivity index (χ0v) is 18.9. The molecule has 6 heteroatoms. The Labute approximate surface area is 184 Å². The lowest BCUT2D eigenvalue weighted by Crippen LogP contribution is -2.47. The molecule has 0 aromatic heterocycles. The molecule has 1 unspecified atom stereocenters. The number of carbonyl (C=O) groups is 2. The minimum absolute atomic E-state index is 0.0431. The minimum Gasteiger partial charge on any atom is -0.494 e. The van der Waals surface area contributed by atoms with Crippen LogP contribution in [0, 0.1) is 13.8 Å². The highest BCUT2D eigenvalue weighted by molar-refractivity contribution is 6.11. The largest absolute Gasteiger partial charge is 0.494 e. The monoisotopic (exact) mass is 421 g/mol. The number of rotatable bonds is 5. The first-order chi connectivity index (χ1) is 14.9. The van der Waals surface area contributed by atoms with Crippen LogP contribution in [0.2, 0.25) is 0 Å². The van der Waals surface area contributed by atoms with E-state index in [0.717, 1.165) is 54.3 Å². The number of piperazine rings is 1. The van der Waals surface area contributed by atoms with Crippen LogP contribution in [0.15, 0.2) is 36.4 Å². The lowest BCUT2D eigenvalue weighted by atomic mass is 9.96. The molecule has 0 N–H and O–H groups in total. The average Bonchev–Trinajstić information content (AvgIpc) is 3.00. The molecule has 2 aliphatic rings. The van der Waals surface area contributed by atoms with Gasteiger partial charge in [0.05, 0.1) is 19.1 Å². The van der Waals surface area contributed by atoms with Crippen LogP contribution in [0.3, 0.4) is 0 Å². The Hall–Kier alpha value is -2.86. The molecule has 1 fully saturated rings. The summed E-state index contributed by atoms with van der Waals surface area (Å²) >= 11 is 0. The molecule has 4 rings (SSSR count). The van der Waals surface area contributed by atoms with Crippen molar-refractivity contribution in [3.05, 3.63) is 58.7 Å². The molecule has 0 saturated carbocycles. The third-order valence-corrected chi connectivity index (χ3v) is 6.44. The zero-order valence-electron chi connectivity index (χ0n) is 18.9. The first-order valence-corrected chi connectivity index (χ1v) is 11.0. The molecule has 2 aromatic rings. The maximum Gasteiger partial charge on any atom is 0.259 e. The van der Waals surface area contributed by atoms with Crippen molar-refractivity contribution in [2.75, 3.05) is 44.7 Å². The lowest BCUT2D eigenvalue weighted by molar-refractivity contribution is -0.133. The van der Waals surface area contributed by atoms with Crippen molar-refractivity contribution in [2.24, 2.45) is 0 Å². The van der Waals surface area contributed by atoms with Crippen LogP contribution < -0.4 is 9.64 Å². The number of carbonyl (C=O) groups excluding carboxylic acids is 2. The van der Waals surface area contributed by atoms with Gasteiger partial charge in [-0.15, -0.1) is 0 Å². The van der Waals surface area contributed by atoms with E-state index in [-0.39, 0.29) is 24.3 Å². The smallest absolute Gasteiger partial charge is 0.259 e. The molecule has 0 spiro atoms. The first-order valence-electron chi connectivity index (χ1n) is 11.0. The van der Waals surface area contributed by atoms with E-state index >= 15 is 0 Å². The van der Waals surface area contributed by atoms with Crippen molar-refractivity contribution in [2.45, 2.75) is 33.2 Å². The molecule has 2 aliphatic heterocycles. The van der Waals surface area contributed by atoms with Crippen molar-refractivity contribution in [3.63, 3.8) is 0 Å². The number of aryl methyl sites for hydroxylation is 2. The Bertz CT molecular complexity index is 978. The summed E-state index contributed by atoms with van der Waals surface area (Å²) in [6, 6.07) is 11.3. The van der Waals surface area contributed by atoms with Gasteiger partial charge in [0.15, 0.2) is 0 Å².